The number of hydrogen-bond acceptors (Lipinski definition) is 1. The molecule has 0 aliphatic heterocycles. The minimum atomic E-state index is -0.446. The van der Waals surface area contributed by atoms with Crippen molar-refractivity contribution in [3.05, 3.63) is 258 Å². The normalized spacial score (nSPS) is 13.9. The molecular weight excluding hydrogens is 711 g/mol. The van der Waals surface area contributed by atoms with Crippen molar-refractivity contribution in [1.82, 2.24) is 0 Å². The molecule has 0 bridgehead atoms. The Kier molecular flexibility index (Phi) is 8.13. The molecule has 1 spiro atoms. The Morgan fingerprint density at radius 1 is 0.271 bits per heavy atom. The van der Waals surface area contributed by atoms with Crippen LogP contribution >= 0.6 is 0 Å². The smallest absolute Gasteiger partial charge is 0.0719 e. The molecule has 0 saturated heterocycles. The predicted molar refractivity (Wildman–Crippen MR) is 247 cm³/mol. The Hall–Kier alpha value is -7.22. The van der Waals surface area contributed by atoms with E-state index in [1.807, 2.05) is 0 Å². The van der Waals surface area contributed by atoms with Crippen LogP contribution < -0.4 is 4.90 Å². The molecule has 280 valence electrons. The van der Waals surface area contributed by atoms with Gasteiger partial charge in [0, 0.05) is 22.5 Å². The van der Waals surface area contributed by atoms with Crippen molar-refractivity contribution in [1.29, 1.82) is 0 Å². The van der Waals surface area contributed by atoms with E-state index in [4.69, 9.17) is 0 Å². The second-order valence-electron chi connectivity index (χ2n) is 16.5. The highest BCUT2D eigenvalue weighted by Gasteiger charge is 2.53. The quantitative estimate of drug-likeness (QED) is 0.163. The van der Waals surface area contributed by atoms with Crippen LogP contribution in [0.15, 0.2) is 224 Å². The second kappa shape index (κ2) is 13.7. The third kappa shape index (κ3) is 5.46. The van der Waals surface area contributed by atoms with Crippen molar-refractivity contribution in [2.24, 2.45) is 0 Å². The monoisotopic (exact) mass is 753 g/mol. The largest absolute Gasteiger partial charge is 0.310 e. The fourth-order valence-electron chi connectivity index (χ4n) is 10.2. The van der Waals surface area contributed by atoms with Crippen molar-refractivity contribution in [2.75, 3.05) is 4.90 Å². The molecule has 9 aromatic carbocycles. The molecule has 0 saturated carbocycles. The van der Waals surface area contributed by atoms with E-state index < -0.39 is 5.41 Å². The van der Waals surface area contributed by atoms with Crippen LogP contribution in [0.2, 0.25) is 0 Å². The van der Waals surface area contributed by atoms with Crippen molar-refractivity contribution in [3.63, 3.8) is 0 Å². The van der Waals surface area contributed by atoms with Crippen molar-refractivity contribution in [2.45, 2.75) is 24.7 Å². The van der Waals surface area contributed by atoms with E-state index in [1.54, 1.807) is 0 Å². The summed E-state index contributed by atoms with van der Waals surface area (Å²) in [5, 5.41) is 0. The van der Waals surface area contributed by atoms with Gasteiger partial charge in [-0.25, -0.2) is 0 Å². The molecular formula is C58H43N. The lowest BCUT2D eigenvalue weighted by atomic mass is 9.55. The highest BCUT2D eigenvalue weighted by atomic mass is 15.1. The Balaban J connectivity index is 1.20. The zero-order valence-corrected chi connectivity index (χ0v) is 33.3. The lowest BCUT2D eigenvalue weighted by Crippen LogP contribution is -2.40. The first kappa shape index (κ1) is 35.0. The van der Waals surface area contributed by atoms with Gasteiger partial charge in [0.1, 0.15) is 0 Å². The summed E-state index contributed by atoms with van der Waals surface area (Å²) in [6.45, 7) is 4.83. The van der Waals surface area contributed by atoms with Crippen molar-refractivity contribution < 1.29 is 0 Å². The predicted octanol–water partition coefficient (Wildman–Crippen LogP) is 15.2. The molecule has 59 heavy (non-hydrogen) atoms. The lowest BCUT2D eigenvalue weighted by Gasteiger charge is -2.47. The molecule has 2 aliphatic rings. The second-order valence-corrected chi connectivity index (χ2v) is 16.5. The van der Waals surface area contributed by atoms with Gasteiger partial charge in [0.15, 0.2) is 0 Å². The highest BCUT2D eigenvalue weighted by Crippen LogP contribution is 2.62. The summed E-state index contributed by atoms with van der Waals surface area (Å²) in [6.07, 6.45) is 0. The van der Waals surface area contributed by atoms with Gasteiger partial charge in [-0.15, -0.1) is 0 Å². The molecule has 0 N–H and O–H groups in total. The highest BCUT2D eigenvalue weighted by molar-refractivity contribution is 5.90. The van der Waals surface area contributed by atoms with Crippen LogP contribution in [0.3, 0.4) is 0 Å². The Morgan fingerprint density at radius 2 is 0.695 bits per heavy atom. The summed E-state index contributed by atoms with van der Waals surface area (Å²) in [5.41, 5.74) is 20.5. The molecule has 0 radical (unpaired) electrons. The van der Waals surface area contributed by atoms with E-state index in [-0.39, 0.29) is 5.41 Å². The number of rotatable bonds is 6. The van der Waals surface area contributed by atoms with Crippen LogP contribution in [0.25, 0.3) is 44.5 Å². The lowest BCUT2D eigenvalue weighted by molar-refractivity contribution is 0.563. The average molecular weight is 754 g/mol. The summed E-state index contributed by atoms with van der Waals surface area (Å²) in [4.78, 5) is 2.48. The molecule has 2 aliphatic carbocycles. The number of nitrogens with zero attached hydrogens (tertiary/aromatic N) is 1. The van der Waals surface area contributed by atoms with E-state index in [0.717, 1.165) is 17.1 Å². The zero-order chi connectivity index (χ0) is 39.6. The van der Waals surface area contributed by atoms with Crippen LogP contribution in [0.5, 0.6) is 0 Å². The van der Waals surface area contributed by atoms with Crippen LogP contribution in [-0.2, 0) is 10.8 Å². The molecule has 0 amide bonds. The fraction of sp³-hybridized carbons (Fsp3) is 0.0690. The minimum Gasteiger partial charge on any atom is -0.310 e. The van der Waals surface area contributed by atoms with Crippen molar-refractivity contribution >= 4 is 17.1 Å². The van der Waals surface area contributed by atoms with E-state index in [2.05, 4.69) is 243 Å². The standard InChI is InChI=1S/C58H43N/c1-57(2)53-31-16-17-32-54(53)58(51-29-14-12-27-49(51)50-28-13-15-30-52(50)58)55-34-33-47(39-56(55)57)59(46-26-18-25-43(36-46)40-19-6-3-7-20-40)48-37-44(41-21-8-4-9-22-41)35-45(38-48)42-23-10-5-11-24-42/h3-39H,1-2H3. The third-order valence-corrected chi connectivity index (χ3v) is 12.9. The minimum absolute atomic E-state index is 0.279. The van der Waals surface area contributed by atoms with Crippen LogP contribution in [0.4, 0.5) is 17.1 Å². The first-order valence-electron chi connectivity index (χ1n) is 20.7. The third-order valence-electron chi connectivity index (χ3n) is 12.9. The molecule has 0 heterocycles. The maximum atomic E-state index is 2.50. The van der Waals surface area contributed by atoms with E-state index in [1.165, 1.54) is 77.9 Å². The maximum absolute atomic E-state index is 2.50. The fourth-order valence-corrected chi connectivity index (χ4v) is 10.2. The molecule has 1 heteroatoms. The van der Waals surface area contributed by atoms with Gasteiger partial charge in [0.2, 0.25) is 0 Å². The van der Waals surface area contributed by atoms with E-state index in [9.17, 15) is 0 Å². The van der Waals surface area contributed by atoms with Gasteiger partial charge in [-0.3, -0.25) is 0 Å². The van der Waals surface area contributed by atoms with Gasteiger partial charge in [-0.2, -0.15) is 0 Å². The zero-order valence-electron chi connectivity index (χ0n) is 33.3. The molecule has 0 atom stereocenters. The SMILES string of the molecule is CC1(C)c2ccccc2C2(c3ccccc3-c3ccccc32)c2ccc(N(c3cccc(-c4ccccc4)c3)c3cc(-c4ccccc4)cc(-c4ccccc4)c3)cc21. The van der Waals surface area contributed by atoms with Crippen LogP contribution in [0, 0.1) is 0 Å². The van der Waals surface area contributed by atoms with E-state index in [0.29, 0.717) is 0 Å². The molecule has 1 nitrogen and oxygen atoms in total. The summed E-state index contributed by atoms with van der Waals surface area (Å²) in [6, 6.07) is 83.0. The topological polar surface area (TPSA) is 3.24 Å². The molecule has 11 rings (SSSR count). The maximum Gasteiger partial charge on any atom is 0.0719 e. The van der Waals surface area contributed by atoms with Crippen LogP contribution in [-0.4, -0.2) is 0 Å². The van der Waals surface area contributed by atoms with Gasteiger partial charge in [0.05, 0.1) is 5.41 Å². The molecule has 0 fully saturated rings. The summed E-state index contributed by atoms with van der Waals surface area (Å²) >= 11 is 0. The molecule has 9 aromatic rings. The first-order valence-corrected chi connectivity index (χ1v) is 20.7. The van der Waals surface area contributed by atoms with Crippen molar-refractivity contribution in [3.8, 4) is 44.5 Å². The number of anilines is 3. The average Bonchev–Trinajstić information content (AvgIpc) is 3.60. The number of hydrogen-bond donors (Lipinski definition) is 0. The Labute approximate surface area is 347 Å². The van der Waals surface area contributed by atoms with Gasteiger partial charge >= 0.3 is 0 Å². The van der Waals surface area contributed by atoms with E-state index >= 15 is 0 Å². The van der Waals surface area contributed by atoms with Gasteiger partial charge in [-0.05, 0) is 120 Å². The van der Waals surface area contributed by atoms with Gasteiger partial charge in [0.25, 0.3) is 0 Å². The number of benzene rings is 9. The summed E-state index contributed by atoms with van der Waals surface area (Å²) in [5.74, 6) is 0. The molecule has 0 aromatic heterocycles. The Bertz CT molecular complexity index is 2910. The summed E-state index contributed by atoms with van der Waals surface area (Å²) in [7, 11) is 0. The molecule has 0 unspecified atom stereocenters. The number of fused-ring (bicyclic) bond motifs is 9. The van der Waals surface area contributed by atoms with Crippen LogP contribution in [0.1, 0.15) is 47.2 Å². The van der Waals surface area contributed by atoms with Gasteiger partial charge in [-0.1, -0.05) is 196 Å². The summed E-state index contributed by atoms with van der Waals surface area (Å²) < 4.78 is 0. The Morgan fingerprint density at radius 3 is 1.27 bits per heavy atom. The van der Waals surface area contributed by atoms with Gasteiger partial charge < -0.3 is 4.90 Å². The first-order chi connectivity index (χ1) is 29.0.